The summed E-state index contributed by atoms with van der Waals surface area (Å²) in [4.78, 5) is 15.1. The molecule has 0 fully saturated rings. The van der Waals surface area contributed by atoms with E-state index in [1.807, 2.05) is 4.57 Å². The molecule has 0 radical (unpaired) electrons. The second-order valence-electron chi connectivity index (χ2n) is 6.17. The SMILES string of the molecule is CC(C)(C)CCn1c(SCC(=O)O)nc2cc(F)ccc21. The number of hydrogen-bond donors (Lipinski definition) is 1. The molecule has 1 aromatic heterocycles. The Hall–Kier alpha value is -1.56. The summed E-state index contributed by atoms with van der Waals surface area (Å²) < 4.78 is 15.3. The monoisotopic (exact) mass is 310 g/mol. The molecule has 0 unspecified atom stereocenters. The fourth-order valence-corrected chi connectivity index (χ4v) is 2.74. The first-order chi connectivity index (χ1) is 9.76. The molecule has 0 aliphatic carbocycles. The van der Waals surface area contributed by atoms with Crippen molar-refractivity contribution in [1.29, 1.82) is 0 Å². The zero-order chi connectivity index (χ0) is 15.6. The van der Waals surface area contributed by atoms with Crippen LogP contribution in [0.15, 0.2) is 23.4 Å². The molecule has 0 spiro atoms. The topological polar surface area (TPSA) is 55.1 Å². The number of fused-ring (bicyclic) bond motifs is 1. The first-order valence-corrected chi connectivity index (χ1v) is 7.75. The van der Waals surface area contributed by atoms with E-state index >= 15 is 0 Å². The largest absolute Gasteiger partial charge is 0.481 e. The lowest BCUT2D eigenvalue weighted by Gasteiger charge is -2.19. The van der Waals surface area contributed by atoms with Crippen LogP contribution in [0, 0.1) is 11.2 Å². The van der Waals surface area contributed by atoms with Crippen molar-refractivity contribution in [1.82, 2.24) is 9.55 Å². The van der Waals surface area contributed by atoms with E-state index in [2.05, 4.69) is 25.8 Å². The average Bonchev–Trinajstić information content (AvgIpc) is 2.69. The second kappa shape index (κ2) is 6.05. The van der Waals surface area contributed by atoms with Crippen molar-refractivity contribution in [2.45, 2.75) is 38.9 Å². The third-order valence-electron chi connectivity index (χ3n) is 3.09. The highest BCUT2D eigenvalue weighted by atomic mass is 32.2. The van der Waals surface area contributed by atoms with Gasteiger partial charge in [0.15, 0.2) is 5.16 Å². The lowest BCUT2D eigenvalue weighted by atomic mass is 9.92. The molecule has 1 N–H and O–H groups in total. The highest BCUT2D eigenvalue weighted by Gasteiger charge is 2.16. The molecule has 0 amide bonds. The van der Waals surface area contributed by atoms with E-state index in [4.69, 9.17) is 5.11 Å². The summed E-state index contributed by atoms with van der Waals surface area (Å²) in [6.07, 6.45) is 0.927. The van der Waals surface area contributed by atoms with Gasteiger partial charge in [0.25, 0.3) is 0 Å². The van der Waals surface area contributed by atoms with Crippen molar-refractivity contribution in [2.24, 2.45) is 5.41 Å². The molecule has 0 aliphatic heterocycles. The van der Waals surface area contributed by atoms with Crippen LogP contribution in [-0.2, 0) is 11.3 Å². The van der Waals surface area contributed by atoms with Crippen LogP contribution in [0.25, 0.3) is 11.0 Å². The van der Waals surface area contributed by atoms with E-state index in [0.717, 1.165) is 18.5 Å². The number of aliphatic carboxylic acids is 1. The van der Waals surface area contributed by atoms with Crippen LogP contribution < -0.4 is 0 Å². The smallest absolute Gasteiger partial charge is 0.313 e. The summed E-state index contributed by atoms with van der Waals surface area (Å²) in [7, 11) is 0. The molecule has 0 aliphatic rings. The zero-order valence-corrected chi connectivity index (χ0v) is 13.2. The number of aryl methyl sites for hydroxylation is 1. The lowest BCUT2D eigenvalue weighted by molar-refractivity contribution is -0.133. The molecule has 0 saturated heterocycles. The number of hydrogen-bond acceptors (Lipinski definition) is 3. The average molecular weight is 310 g/mol. The van der Waals surface area contributed by atoms with E-state index in [-0.39, 0.29) is 17.0 Å². The van der Waals surface area contributed by atoms with Gasteiger partial charge < -0.3 is 9.67 Å². The van der Waals surface area contributed by atoms with Crippen molar-refractivity contribution in [2.75, 3.05) is 5.75 Å². The van der Waals surface area contributed by atoms with Gasteiger partial charge in [-0.3, -0.25) is 4.79 Å². The van der Waals surface area contributed by atoms with Gasteiger partial charge >= 0.3 is 5.97 Å². The molecule has 21 heavy (non-hydrogen) atoms. The molecule has 1 heterocycles. The Balaban J connectivity index is 2.36. The summed E-state index contributed by atoms with van der Waals surface area (Å²) in [5.41, 5.74) is 1.57. The number of benzene rings is 1. The van der Waals surface area contributed by atoms with Gasteiger partial charge in [-0.25, -0.2) is 9.37 Å². The molecule has 1 aromatic carbocycles. The number of thioether (sulfide) groups is 1. The normalized spacial score (nSPS) is 12.0. The quantitative estimate of drug-likeness (QED) is 0.854. The molecule has 6 heteroatoms. The Morgan fingerprint density at radius 3 is 2.76 bits per heavy atom. The van der Waals surface area contributed by atoms with Crippen LogP contribution in [0.3, 0.4) is 0 Å². The van der Waals surface area contributed by atoms with Crippen molar-refractivity contribution in [3.8, 4) is 0 Å². The highest BCUT2D eigenvalue weighted by molar-refractivity contribution is 7.99. The summed E-state index contributed by atoms with van der Waals surface area (Å²) in [5.74, 6) is -1.28. The molecule has 0 bridgehead atoms. The second-order valence-corrected chi connectivity index (χ2v) is 7.11. The number of carboxylic acid groups (broad SMARTS) is 1. The highest BCUT2D eigenvalue weighted by Crippen LogP contribution is 2.27. The van der Waals surface area contributed by atoms with E-state index in [0.29, 0.717) is 10.7 Å². The molecule has 2 rings (SSSR count). The van der Waals surface area contributed by atoms with Crippen LogP contribution in [-0.4, -0.2) is 26.4 Å². The number of imidazole rings is 1. The Bertz CT molecular complexity index is 661. The number of aromatic nitrogens is 2. The predicted molar refractivity (Wildman–Crippen MR) is 82.1 cm³/mol. The minimum atomic E-state index is -0.888. The Morgan fingerprint density at radius 2 is 2.14 bits per heavy atom. The van der Waals surface area contributed by atoms with Gasteiger partial charge in [-0.15, -0.1) is 0 Å². The summed E-state index contributed by atoms with van der Waals surface area (Å²) in [5, 5.41) is 9.45. The van der Waals surface area contributed by atoms with E-state index in [1.165, 1.54) is 23.9 Å². The van der Waals surface area contributed by atoms with E-state index in [1.54, 1.807) is 6.07 Å². The third kappa shape index (κ3) is 4.20. The van der Waals surface area contributed by atoms with Crippen LogP contribution in [0.1, 0.15) is 27.2 Å². The van der Waals surface area contributed by atoms with Gasteiger partial charge in [0.05, 0.1) is 16.8 Å². The number of halogens is 1. The molecular formula is C15H19FN2O2S. The number of rotatable bonds is 5. The van der Waals surface area contributed by atoms with Crippen molar-refractivity contribution in [3.63, 3.8) is 0 Å². The van der Waals surface area contributed by atoms with Gasteiger partial charge in [-0.1, -0.05) is 32.5 Å². The van der Waals surface area contributed by atoms with Crippen LogP contribution in [0.5, 0.6) is 0 Å². The molecule has 0 atom stereocenters. The van der Waals surface area contributed by atoms with Crippen LogP contribution >= 0.6 is 11.8 Å². The first kappa shape index (κ1) is 15.8. The minimum Gasteiger partial charge on any atom is -0.481 e. The van der Waals surface area contributed by atoms with E-state index < -0.39 is 5.97 Å². The molecular weight excluding hydrogens is 291 g/mol. The fraction of sp³-hybridized carbons (Fsp3) is 0.467. The first-order valence-electron chi connectivity index (χ1n) is 6.77. The van der Waals surface area contributed by atoms with Crippen LogP contribution in [0.2, 0.25) is 0 Å². The van der Waals surface area contributed by atoms with Gasteiger partial charge in [-0.05, 0) is 24.0 Å². The Kier molecular flexibility index (Phi) is 4.56. The maximum atomic E-state index is 13.3. The number of carbonyl (C=O) groups is 1. The summed E-state index contributed by atoms with van der Waals surface area (Å²) in [6.45, 7) is 7.18. The number of nitrogens with zero attached hydrogens (tertiary/aromatic N) is 2. The molecule has 0 saturated carbocycles. The Morgan fingerprint density at radius 1 is 1.43 bits per heavy atom. The van der Waals surface area contributed by atoms with Gasteiger partial charge in [0.2, 0.25) is 0 Å². The van der Waals surface area contributed by atoms with E-state index in [9.17, 15) is 9.18 Å². The van der Waals surface area contributed by atoms with Crippen molar-refractivity contribution < 1.29 is 14.3 Å². The predicted octanol–water partition coefficient (Wildman–Crippen LogP) is 3.79. The maximum absolute atomic E-state index is 13.3. The lowest BCUT2D eigenvalue weighted by Crippen LogP contribution is -2.11. The van der Waals surface area contributed by atoms with Crippen molar-refractivity contribution >= 4 is 28.8 Å². The number of carboxylic acids is 1. The molecule has 4 nitrogen and oxygen atoms in total. The van der Waals surface area contributed by atoms with Gasteiger partial charge in [0, 0.05) is 12.6 Å². The van der Waals surface area contributed by atoms with Crippen molar-refractivity contribution in [3.05, 3.63) is 24.0 Å². The third-order valence-corrected chi connectivity index (χ3v) is 4.05. The Labute approximate surface area is 127 Å². The van der Waals surface area contributed by atoms with Crippen LogP contribution in [0.4, 0.5) is 4.39 Å². The van der Waals surface area contributed by atoms with Gasteiger partial charge in [0.1, 0.15) is 5.82 Å². The maximum Gasteiger partial charge on any atom is 0.313 e. The molecule has 114 valence electrons. The summed E-state index contributed by atoms with van der Waals surface area (Å²) >= 11 is 1.17. The standard InChI is InChI=1S/C15H19FN2O2S/c1-15(2,3)6-7-18-12-5-4-10(16)8-11(12)17-14(18)21-9-13(19)20/h4-5,8H,6-7,9H2,1-3H3,(H,19,20). The zero-order valence-electron chi connectivity index (χ0n) is 12.4. The minimum absolute atomic E-state index is 0.0542. The summed E-state index contributed by atoms with van der Waals surface area (Å²) in [6, 6.07) is 4.49. The van der Waals surface area contributed by atoms with Gasteiger partial charge in [-0.2, -0.15) is 0 Å². The fourth-order valence-electron chi connectivity index (χ4n) is 1.98. The molecule has 2 aromatic rings.